The van der Waals surface area contributed by atoms with Gasteiger partial charge >= 0.3 is 11.1 Å². The Morgan fingerprint density at radius 2 is 1.59 bits per heavy atom. The lowest BCUT2D eigenvalue weighted by Crippen LogP contribution is -2.40. The summed E-state index contributed by atoms with van der Waals surface area (Å²) in [5.74, 6) is -0.343. The normalized spacial score (nSPS) is 10.9. The second-order valence-corrected chi connectivity index (χ2v) is 5.87. The Balaban J connectivity index is 1.62. The zero-order valence-electron chi connectivity index (χ0n) is 14.1. The highest BCUT2D eigenvalue weighted by molar-refractivity contribution is 5.32. The van der Waals surface area contributed by atoms with Crippen LogP contribution in [0, 0.1) is 5.82 Å². The van der Waals surface area contributed by atoms with Crippen molar-refractivity contribution in [3.05, 3.63) is 105 Å². The molecule has 134 valence electrons. The van der Waals surface area contributed by atoms with E-state index in [0.29, 0.717) is 17.1 Å². The summed E-state index contributed by atoms with van der Waals surface area (Å²) >= 11 is 0. The Morgan fingerprint density at radius 1 is 0.852 bits per heavy atom. The summed E-state index contributed by atoms with van der Waals surface area (Å²) in [6, 6.07) is 14.7. The third kappa shape index (κ3) is 3.32. The maximum Gasteiger partial charge on any atom is 0.320 e. The maximum atomic E-state index is 13.0. The molecule has 2 aromatic heterocycles. The van der Waals surface area contributed by atoms with Crippen LogP contribution in [0.4, 0.5) is 4.39 Å². The summed E-state index contributed by atoms with van der Waals surface area (Å²) in [6.45, 7) is 0.102. The van der Waals surface area contributed by atoms with E-state index in [0.717, 1.165) is 0 Å². The Labute approximate surface area is 152 Å². The van der Waals surface area contributed by atoms with Crippen molar-refractivity contribution in [3.63, 3.8) is 0 Å². The first kappa shape index (κ1) is 16.6. The molecule has 0 aliphatic carbocycles. The minimum absolute atomic E-state index is 0.102. The number of hydrogen-bond acceptors (Lipinski definition) is 4. The molecule has 2 heterocycles. The average Bonchev–Trinajstić information content (AvgIpc) is 3.15. The zero-order chi connectivity index (χ0) is 18.8. The zero-order valence-corrected chi connectivity index (χ0v) is 14.1. The van der Waals surface area contributed by atoms with Crippen LogP contribution in [0.3, 0.4) is 0 Å². The van der Waals surface area contributed by atoms with E-state index >= 15 is 0 Å². The van der Waals surface area contributed by atoms with Gasteiger partial charge in [-0.1, -0.05) is 23.4 Å². The summed E-state index contributed by atoms with van der Waals surface area (Å²) in [5, 5.41) is 7.99. The van der Waals surface area contributed by atoms with Gasteiger partial charge in [-0.3, -0.25) is 14.2 Å². The molecule has 27 heavy (non-hydrogen) atoms. The molecule has 0 amide bonds. The molecular weight excluding hydrogens is 349 g/mol. The maximum absolute atomic E-state index is 13.0. The van der Waals surface area contributed by atoms with Gasteiger partial charge in [-0.25, -0.2) is 9.07 Å². The molecule has 0 bridgehead atoms. The second kappa shape index (κ2) is 6.83. The summed E-state index contributed by atoms with van der Waals surface area (Å²) in [7, 11) is 0. The van der Waals surface area contributed by atoms with E-state index < -0.39 is 11.1 Å². The van der Waals surface area contributed by atoms with Crippen LogP contribution in [-0.2, 0) is 6.54 Å². The van der Waals surface area contributed by atoms with Gasteiger partial charge in [0.1, 0.15) is 11.5 Å². The van der Waals surface area contributed by atoms with Crippen molar-refractivity contribution < 1.29 is 4.39 Å². The van der Waals surface area contributed by atoms with Crippen LogP contribution in [0.1, 0.15) is 5.69 Å². The van der Waals surface area contributed by atoms with Crippen LogP contribution < -0.4 is 11.1 Å². The average molecular weight is 363 g/mol. The van der Waals surface area contributed by atoms with Crippen LogP contribution in [-0.4, -0.2) is 24.1 Å². The lowest BCUT2D eigenvalue weighted by Gasteiger charge is -2.07. The number of halogens is 1. The first-order chi connectivity index (χ1) is 13.1. The summed E-state index contributed by atoms with van der Waals surface area (Å²) in [5.41, 5.74) is 0.460. The van der Waals surface area contributed by atoms with E-state index in [4.69, 9.17) is 0 Å². The van der Waals surface area contributed by atoms with Crippen molar-refractivity contribution in [3.8, 4) is 11.4 Å². The van der Waals surface area contributed by atoms with Crippen LogP contribution in [0.25, 0.3) is 11.4 Å². The van der Waals surface area contributed by atoms with Crippen LogP contribution in [0.5, 0.6) is 0 Å². The minimum Gasteiger partial charge on any atom is -0.303 e. The molecule has 0 N–H and O–H groups in total. The van der Waals surface area contributed by atoms with Gasteiger partial charge in [0.15, 0.2) is 0 Å². The third-order valence-electron chi connectivity index (χ3n) is 4.06. The first-order valence-corrected chi connectivity index (χ1v) is 8.16. The number of para-hydroxylation sites is 1. The molecular formula is C19H14FN5O2. The lowest BCUT2D eigenvalue weighted by atomic mass is 10.3. The second-order valence-electron chi connectivity index (χ2n) is 5.87. The Kier molecular flexibility index (Phi) is 4.21. The minimum atomic E-state index is -0.655. The largest absolute Gasteiger partial charge is 0.320 e. The van der Waals surface area contributed by atoms with Crippen molar-refractivity contribution in [2.75, 3.05) is 0 Å². The van der Waals surface area contributed by atoms with Crippen LogP contribution in [0.15, 0.2) is 82.8 Å². The van der Waals surface area contributed by atoms with E-state index in [1.165, 1.54) is 32.1 Å². The number of nitrogens with zero attached hydrogens (tertiary/aromatic N) is 5. The molecule has 0 spiro atoms. The predicted octanol–water partition coefficient (Wildman–Crippen LogP) is 1.77. The molecule has 7 nitrogen and oxygen atoms in total. The van der Waals surface area contributed by atoms with E-state index in [-0.39, 0.29) is 12.4 Å². The predicted molar refractivity (Wildman–Crippen MR) is 96.7 cm³/mol. The van der Waals surface area contributed by atoms with Crippen molar-refractivity contribution >= 4 is 0 Å². The highest BCUT2D eigenvalue weighted by atomic mass is 19.1. The molecule has 8 heteroatoms. The molecule has 4 rings (SSSR count). The number of hydrogen-bond donors (Lipinski definition) is 0. The molecule has 2 aromatic carbocycles. The van der Waals surface area contributed by atoms with Crippen LogP contribution >= 0.6 is 0 Å². The highest BCUT2D eigenvalue weighted by Gasteiger charge is 2.09. The quantitative estimate of drug-likeness (QED) is 0.518. The van der Waals surface area contributed by atoms with E-state index in [1.54, 1.807) is 48.8 Å². The standard InChI is InChI=1S/C19H14FN5O2/c20-14-6-8-17(9-7-14)25-13-15(21-22-25)12-23-10-11-24(19(27)18(23)26)16-4-2-1-3-5-16/h1-11,13H,12H2. The van der Waals surface area contributed by atoms with Crippen LogP contribution in [0.2, 0.25) is 0 Å². The van der Waals surface area contributed by atoms with E-state index in [2.05, 4.69) is 10.3 Å². The van der Waals surface area contributed by atoms with Gasteiger partial charge in [0.25, 0.3) is 0 Å². The SMILES string of the molecule is O=c1c(=O)n(-c2ccccc2)ccn1Cc1cn(-c2ccc(F)cc2)nn1. The number of aromatic nitrogens is 5. The van der Waals surface area contributed by atoms with Gasteiger partial charge in [0.2, 0.25) is 0 Å². The molecule has 0 aliphatic heterocycles. The van der Waals surface area contributed by atoms with Crippen molar-refractivity contribution in [2.45, 2.75) is 6.54 Å². The number of benzene rings is 2. The molecule has 0 radical (unpaired) electrons. The molecule has 0 atom stereocenters. The topological polar surface area (TPSA) is 74.7 Å². The van der Waals surface area contributed by atoms with Gasteiger partial charge < -0.3 is 4.57 Å². The fourth-order valence-corrected chi connectivity index (χ4v) is 2.69. The molecule has 4 aromatic rings. The third-order valence-corrected chi connectivity index (χ3v) is 4.06. The van der Waals surface area contributed by atoms with E-state index in [1.807, 2.05) is 6.07 Å². The van der Waals surface area contributed by atoms with Gasteiger partial charge in [0.05, 0.1) is 18.4 Å². The van der Waals surface area contributed by atoms with Gasteiger partial charge in [-0.05, 0) is 36.4 Å². The fourth-order valence-electron chi connectivity index (χ4n) is 2.69. The van der Waals surface area contributed by atoms with Crippen molar-refractivity contribution in [1.29, 1.82) is 0 Å². The van der Waals surface area contributed by atoms with E-state index in [9.17, 15) is 14.0 Å². The molecule has 0 saturated heterocycles. The molecule has 0 fully saturated rings. The molecule has 0 saturated carbocycles. The molecule has 0 aliphatic rings. The monoisotopic (exact) mass is 363 g/mol. The Bertz CT molecular complexity index is 1190. The Morgan fingerprint density at radius 3 is 2.33 bits per heavy atom. The highest BCUT2D eigenvalue weighted by Crippen LogP contribution is 2.08. The Hall–Kier alpha value is -3.81. The van der Waals surface area contributed by atoms with Crippen molar-refractivity contribution in [1.82, 2.24) is 24.1 Å². The summed E-state index contributed by atoms with van der Waals surface area (Å²) in [4.78, 5) is 24.8. The first-order valence-electron chi connectivity index (χ1n) is 8.16. The van der Waals surface area contributed by atoms with Gasteiger partial charge in [-0.2, -0.15) is 0 Å². The van der Waals surface area contributed by atoms with Crippen molar-refractivity contribution in [2.24, 2.45) is 0 Å². The van der Waals surface area contributed by atoms with Gasteiger partial charge in [-0.15, -0.1) is 5.10 Å². The number of rotatable bonds is 4. The molecule has 0 unspecified atom stereocenters. The fraction of sp³-hybridized carbons (Fsp3) is 0.0526. The van der Waals surface area contributed by atoms with Gasteiger partial charge in [0, 0.05) is 18.1 Å². The summed E-state index contributed by atoms with van der Waals surface area (Å²) < 4.78 is 17.1. The smallest absolute Gasteiger partial charge is 0.303 e. The summed E-state index contributed by atoms with van der Waals surface area (Å²) in [6.07, 6.45) is 4.71. The lowest BCUT2D eigenvalue weighted by molar-refractivity contribution is 0.626.